The lowest BCUT2D eigenvalue weighted by Crippen LogP contribution is -2.32. The van der Waals surface area contributed by atoms with Crippen LogP contribution in [0.1, 0.15) is 36.9 Å². The first kappa shape index (κ1) is 10.9. The summed E-state index contributed by atoms with van der Waals surface area (Å²) in [6.45, 7) is 3.47. The normalized spacial score (nSPS) is 20.2. The average molecular weight is 217 g/mol. The van der Waals surface area contributed by atoms with E-state index in [1.165, 1.54) is 17.4 Å². The molecule has 1 saturated heterocycles. The van der Waals surface area contributed by atoms with Crippen LogP contribution < -0.4 is 0 Å². The smallest absolute Gasteiger partial charge is 0.229 e. The highest BCUT2D eigenvalue weighted by atomic mass is 16.2. The molecule has 1 aliphatic heterocycles. The van der Waals surface area contributed by atoms with Gasteiger partial charge in [-0.2, -0.15) is 0 Å². The molecule has 2 amide bonds. The zero-order valence-electron chi connectivity index (χ0n) is 9.56. The number of nitrogens with zero attached hydrogens (tertiary/aromatic N) is 1. The Hall–Kier alpha value is -1.64. The summed E-state index contributed by atoms with van der Waals surface area (Å²) < 4.78 is 0. The van der Waals surface area contributed by atoms with E-state index < -0.39 is 0 Å². The Morgan fingerprint density at radius 3 is 2.50 bits per heavy atom. The van der Waals surface area contributed by atoms with Crippen molar-refractivity contribution in [2.45, 2.75) is 32.7 Å². The minimum Gasteiger partial charge on any atom is -0.275 e. The van der Waals surface area contributed by atoms with E-state index in [4.69, 9.17) is 0 Å². The second-order valence-electron chi connectivity index (χ2n) is 4.25. The van der Waals surface area contributed by atoms with E-state index in [1.54, 1.807) is 0 Å². The van der Waals surface area contributed by atoms with E-state index in [2.05, 4.69) is 0 Å². The van der Waals surface area contributed by atoms with E-state index in [1.807, 2.05) is 31.2 Å². The molecule has 3 nitrogen and oxygen atoms in total. The molecule has 1 aromatic rings. The molecule has 0 aliphatic carbocycles. The summed E-state index contributed by atoms with van der Waals surface area (Å²) in [5.41, 5.74) is 2.23. The topological polar surface area (TPSA) is 37.4 Å². The molecule has 3 heteroatoms. The van der Waals surface area contributed by atoms with Crippen molar-refractivity contribution in [3.05, 3.63) is 35.4 Å². The summed E-state index contributed by atoms with van der Waals surface area (Å²) in [4.78, 5) is 24.4. The van der Waals surface area contributed by atoms with Crippen LogP contribution in [0.5, 0.6) is 0 Å². The zero-order chi connectivity index (χ0) is 11.7. The fraction of sp³-hybridized carbons (Fsp3) is 0.385. The van der Waals surface area contributed by atoms with Crippen molar-refractivity contribution in [1.29, 1.82) is 0 Å². The van der Waals surface area contributed by atoms with Crippen molar-refractivity contribution < 1.29 is 9.59 Å². The van der Waals surface area contributed by atoms with Crippen LogP contribution >= 0.6 is 0 Å². The molecule has 16 heavy (non-hydrogen) atoms. The summed E-state index contributed by atoms with van der Waals surface area (Å²) >= 11 is 0. The number of benzene rings is 1. The quantitative estimate of drug-likeness (QED) is 0.723. The Bertz CT molecular complexity index is 422. The largest absolute Gasteiger partial charge is 0.275 e. The predicted octanol–water partition coefficient (Wildman–Crippen LogP) is 2.21. The van der Waals surface area contributed by atoms with E-state index in [9.17, 15) is 9.59 Å². The second-order valence-corrected chi connectivity index (χ2v) is 4.25. The monoisotopic (exact) mass is 217 g/mol. The number of aryl methyl sites for hydroxylation is 1. The molecule has 1 fully saturated rings. The van der Waals surface area contributed by atoms with Crippen molar-refractivity contribution in [2.75, 3.05) is 0 Å². The first-order valence-corrected chi connectivity index (χ1v) is 5.49. The number of carbonyl (C=O) groups is 2. The number of hydrogen-bond donors (Lipinski definition) is 0. The van der Waals surface area contributed by atoms with Gasteiger partial charge in [-0.1, -0.05) is 29.8 Å². The lowest BCUT2D eigenvalue weighted by atomic mass is 10.0. The lowest BCUT2D eigenvalue weighted by molar-refractivity contribution is -0.142. The van der Waals surface area contributed by atoms with Crippen molar-refractivity contribution in [3.63, 3.8) is 0 Å². The standard InChI is InChI=1S/C13H15NO2/c1-9-3-5-11(6-4-9)12-7-8-13(16)14(12)10(2)15/h3-6,12H,7-8H2,1-2H3. The second kappa shape index (κ2) is 4.08. The predicted molar refractivity (Wildman–Crippen MR) is 60.7 cm³/mol. The summed E-state index contributed by atoms with van der Waals surface area (Å²) in [6, 6.07) is 7.95. The highest BCUT2D eigenvalue weighted by Crippen LogP contribution is 2.32. The molecule has 84 valence electrons. The number of amides is 2. The van der Waals surface area contributed by atoms with Crippen LogP contribution in [0.4, 0.5) is 0 Å². The molecule has 1 aromatic carbocycles. The summed E-state index contributed by atoms with van der Waals surface area (Å²) in [6.07, 6.45) is 1.21. The van der Waals surface area contributed by atoms with E-state index >= 15 is 0 Å². The van der Waals surface area contributed by atoms with Crippen LogP contribution in [-0.4, -0.2) is 16.7 Å². The summed E-state index contributed by atoms with van der Waals surface area (Å²) in [5.74, 6) is -0.217. The van der Waals surface area contributed by atoms with E-state index in [0.717, 1.165) is 12.0 Å². The molecule has 0 bridgehead atoms. The molecule has 0 spiro atoms. The molecular weight excluding hydrogens is 202 g/mol. The zero-order valence-corrected chi connectivity index (χ0v) is 9.56. The highest BCUT2D eigenvalue weighted by molar-refractivity contribution is 5.96. The van der Waals surface area contributed by atoms with Gasteiger partial charge in [0.05, 0.1) is 6.04 Å². The minimum absolute atomic E-state index is 0.0573. The molecule has 1 atom stereocenters. The maximum atomic E-state index is 11.6. The average Bonchev–Trinajstić information content (AvgIpc) is 2.61. The SMILES string of the molecule is CC(=O)N1C(=O)CCC1c1ccc(C)cc1. The van der Waals surface area contributed by atoms with Crippen LogP contribution in [0.3, 0.4) is 0 Å². The van der Waals surface area contributed by atoms with Gasteiger partial charge in [-0.25, -0.2) is 0 Å². The number of imide groups is 1. The van der Waals surface area contributed by atoms with Gasteiger partial charge in [-0.05, 0) is 18.9 Å². The third-order valence-electron chi connectivity index (χ3n) is 3.01. The van der Waals surface area contributed by atoms with Crippen LogP contribution in [-0.2, 0) is 9.59 Å². The van der Waals surface area contributed by atoms with Crippen molar-refractivity contribution in [1.82, 2.24) is 4.90 Å². The molecule has 1 heterocycles. The Morgan fingerprint density at radius 2 is 1.94 bits per heavy atom. The van der Waals surface area contributed by atoms with Crippen LogP contribution in [0, 0.1) is 6.92 Å². The molecule has 0 radical (unpaired) electrons. The fourth-order valence-electron chi connectivity index (χ4n) is 2.18. The number of hydrogen-bond acceptors (Lipinski definition) is 2. The van der Waals surface area contributed by atoms with Gasteiger partial charge in [0.15, 0.2) is 0 Å². The minimum atomic E-state index is -0.159. The molecule has 0 saturated carbocycles. The van der Waals surface area contributed by atoms with E-state index in [0.29, 0.717) is 6.42 Å². The number of likely N-dealkylation sites (tertiary alicyclic amines) is 1. The first-order chi connectivity index (χ1) is 7.59. The number of rotatable bonds is 1. The van der Waals surface area contributed by atoms with Gasteiger partial charge >= 0.3 is 0 Å². The van der Waals surface area contributed by atoms with Gasteiger partial charge < -0.3 is 0 Å². The molecule has 0 N–H and O–H groups in total. The lowest BCUT2D eigenvalue weighted by Gasteiger charge is -2.21. The molecular formula is C13H15NO2. The molecule has 1 unspecified atom stereocenters. The van der Waals surface area contributed by atoms with Gasteiger partial charge in [0, 0.05) is 13.3 Å². The van der Waals surface area contributed by atoms with Crippen molar-refractivity contribution >= 4 is 11.8 Å². The maximum Gasteiger partial charge on any atom is 0.229 e. The Kier molecular flexibility index (Phi) is 2.77. The van der Waals surface area contributed by atoms with Gasteiger partial charge in [0.2, 0.25) is 11.8 Å². The summed E-state index contributed by atoms with van der Waals surface area (Å²) in [7, 11) is 0. The third kappa shape index (κ3) is 1.85. The van der Waals surface area contributed by atoms with Gasteiger partial charge in [0.1, 0.15) is 0 Å². The number of carbonyl (C=O) groups excluding carboxylic acids is 2. The van der Waals surface area contributed by atoms with Gasteiger partial charge in [0.25, 0.3) is 0 Å². The Morgan fingerprint density at radius 1 is 1.31 bits per heavy atom. The van der Waals surface area contributed by atoms with Crippen molar-refractivity contribution in [3.8, 4) is 0 Å². The molecule has 1 aliphatic rings. The molecule has 2 rings (SSSR count). The first-order valence-electron chi connectivity index (χ1n) is 5.49. The van der Waals surface area contributed by atoms with Gasteiger partial charge in [-0.3, -0.25) is 14.5 Å². The molecule has 0 aromatic heterocycles. The Labute approximate surface area is 95.1 Å². The van der Waals surface area contributed by atoms with E-state index in [-0.39, 0.29) is 17.9 Å². The van der Waals surface area contributed by atoms with Crippen LogP contribution in [0.2, 0.25) is 0 Å². The Balaban J connectivity index is 2.30. The van der Waals surface area contributed by atoms with Crippen molar-refractivity contribution in [2.24, 2.45) is 0 Å². The highest BCUT2D eigenvalue weighted by Gasteiger charge is 2.34. The third-order valence-corrected chi connectivity index (χ3v) is 3.01. The van der Waals surface area contributed by atoms with Gasteiger partial charge in [-0.15, -0.1) is 0 Å². The fourth-order valence-corrected chi connectivity index (χ4v) is 2.18. The van der Waals surface area contributed by atoms with Crippen LogP contribution in [0.15, 0.2) is 24.3 Å². The summed E-state index contributed by atoms with van der Waals surface area (Å²) in [5, 5.41) is 0. The van der Waals surface area contributed by atoms with Crippen LogP contribution in [0.25, 0.3) is 0 Å². The maximum absolute atomic E-state index is 11.6.